The van der Waals surface area contributed by atoms with Crippen molar-refractivity contribution in [3.8, 4) is 11.6 Å². The molecule has 0 aliphatic carbocycles. The Balaban J connectivity index is 2.00. The number of nitrogen functional groups attached to an aromatic ring is 1. The molecule has 11 nitrogen and oxygen atoms in total. The van der Waals surface area contributed by atoms with Gasteiger partial charge in [0.2, 0.25) is 5.82 Å². The fourth-order valence-electron chi connectivity index (χ4n) is 2.38. The van der Waals surface area contributed by atoms with Gasteiger partial charge in [0.15, 0.2) is 15.6 Å². The van der Waals surface area contributed by atoms with Crippen molar-refractivity contribution in [2.75, 3.05) is 16.4 Å². The van der Waals surface area contributed by atoms with E-state index in [0.717, 1.165) is 23.5 Å². The number of alkyl halides is 2. The van der Waals surface area contributed by atoms with Gasteiger partial charge < -0.3 is 10.5 Å². The van der Waals surface area contributed by atoms with Gasteiger partial charge in [0.25, 0.3) is 0 Å². The predicted octanol–water partition coefficient (Wildman–Crippen LogP) is 2.51. The Labute approximate surface area is 168 Å². The Morgan fingerprint density at radius 2 is 2.07 bits per heavy atom. The molecule has 1 aliphatic rings. The molecule has 0 spiro atoms. The van der Waals surface area contributed by atoms with Crippen LogP contribution < -0.4 is 15.4 Å². The predicted molar refractivity (Wildman–Crippen MR) is 102 cm³/mol. The van der Waals surface area contributed by atoms with E-state index in [1.165, 1.54) is 19.1 Å². The summed E-state index contributed by atoms with van der Waals surface area (Å²) >= 11 is 0. The Morgan fingerprint density at radius 1 is 1.33 bits per heavy atom. The van der Waals surface area contributed by atoms with Crippen LogP contribution in [-0.2, 0) is 9.84 Å². The second kappa shape index (κ2) is 7.62. The van der Waals surface area contributed by atoms with Crippen molar-refractivity contribution >= 4 is 33.4 Å². The average Bonchev–Trinajstić information content (AvgIpc) is 2.69. The number of nitrogens with zero attached hydrogens (tertiary/aromatic N) is 5. The summed E-state index contributed by atoms with van der Waals surface area (Å²) in [7, 11) is -3.52. The van der Waals surface area contributed by atoms with Crippen LogP contribution in [0.2, 0.25) is 0 Å². The minimum atomic E-state index is -3.52. The van der Waals surface area contributed by atoms with E-state index in [4.69, 9.17) is 10.5 Å². The first-order valence-electron chi connectivity index (χ1n) is 8.24. The Bertz CT molecular complexity index is 1150. The van der Waals surface area contributed by atoms with E-state index in [0.29, 0.717) is 12.4 Å². The van der Waals surface area contributed by atoms with E-state index in [9.17, 15) is 27.3 Å². The molecule has 30 heavy (non-hydrogen) atoms. The maximum atomic E-state index is 13.1. The van der Waals surface area contributed by atoms with Crippen LogP contribution in [-0.4, -0.2) is 41.4 Å². The molecule has 0 unspecified atom stereocenters. The lowest BCUT2D eigenvalue weighted by atomic mass is 10.3. The maximum Gasteiger partial charge on any atom is 0.374 e. The number of aliphatic imine (C=N–C) groups is 1. The van der Waals surface area contributed by atoms with Gasteiger partial charge in [-0.2, -0.15) is 13.8 Å². The average molecular weight is 440 g/mol. The van der Waals surface area contributed by atoms with Gasteiger partial charge in [0, 0.05) is 12.3 Å². The summed E-state index contributed by atoms with van der Waals surface area (Å²) < 4.78 is 55.6. The summed E-state index contributed by atoms with van der Waals surface area (Å²) in [5, 5.41) is 11.6. The number of nitrogens with two attached hydrogens (primary N) is 1. The molecule has 2 N–H and O–H groups in total. The number of benzene rings is 1. The number of aromatic nitrogens is 2. The third-order valence-corrected chi connectivity index (χ3v) is 5.65. The summed E-state index contributed by atoms with van der Waals surface area (Å²) in [4.78, 5) is 22.0. The van der Waals surface area contributed by atoms with Crippen molar-refractivity contribution in [2.45, 2.75) is 17.9 Å². The maximum absolute atomic E-state index is 13.1. The first kappa shape index (κ1) is 21.0. The van der Waals surface area contributed by atoms with Crippen molar-refractivity contribution < 1.29 is 26.9 Å². The van der Waals surface area contributed by atoms with Crippen molar-refractivity contribution in [2.24, 2.45) is 4.99 Å². The first-order chi connectivity index (χ1) is 14.0. The molecule has 2 aromatic rings. The quantitative estimate of drug-likeness (QED) is 0.309. The Morgan fingerprint density at radius 3 is 2.63 bits per heavy atom. The largest absolute Gasteiger partial charge is 0.431 e. The zero-order valence-electron chi connectivity index (χ0n) is 15.3. The lowest BCUT2D eigenvalue weighted by Crippen LogP contribution is -2.25. The lowest BCUT2D eigenvalue weighted by molar-refractivity contribution is -0.385. The van der Waals surface area contributed by atoms with Gasteiger partial charge in [0.05, 0.1) is 21.3 Å². The first-order valence-corrected chi connectivity index (χ1v) is 9.89. The molecule has 3 rings (SSSR count). The third kappa shape index (κ3) is 4.17. The van der Waals surface area contributed by atoms with Crippen LogP contribution >= 0.6 is 0 Å². The van der Waals surface area contributed by atoms with E-state index in [2.05, 4.69) is 15.0 Å². The van der Waals surface area contributed by atoms with Gasteiger partial charge in [-0.3, -0.25) is 15.0 Å². The number of hydrogen-bond acceptors (Lipinski definition) is 10. The number of hydrogen-bond donors (Lipinski definition) is 1. The number of nitro groups is 1. The molecule has 2 heterocycles. The molecule has 0 radical (unpaired) electrons. The number of sulfone groups is 1. The Hall–Kier alpha value is -3.68. The molecule has 1 aromatic heterocycles. The molecular weight excluding hydrogens is 426 g/mol. The molecular formula is C16H14F2N6O5S. The molecule has 1 aromatic carbocycles. The highest BCUT2D eigenvalue weighted by Crippen LogP contribution is 2.38. The summed E-state index contributed by atoms with van der Waals surface area (Å²) in [6.45, 7) is 1.47. The summed E-state index contributed by atoms with van der Waals surface area (Å²) in [6, 6.07) is 0.184. The molecule has 0 fully saturated rings. The van der Waals surface area contributed by atoms with Gasteiger partial charge in [-0.1, -0.05) is 6.92 Å². The fourth-order valence-corrected chi connectivity index (χ4v) is 3.29. The van der Waals surface area contributed by atoms with Crippen LogP contribution in [0, 0.1) is 10.1 Å². The molecule has 14 heteroatoms. The molecule has 0 amide bonds. The normalized spacial score (nSPS) is 15.2. The van der Waals surface area contributed by atoms with Crippen molar-refractivity contribution in [3.05, 3.63) is 46.9 Å². The number of halogens is 2. The van der Waals surface area contributed by atoms with Gasteiger partial charge >= 0.3 is 17.6 Å². The highest BCUT2D eigenvalue weighted by atomic mass is 32.2. The van der Waals surface area contributed by atoms with Crippen LogP contribution in [0.25, 0.3) is 0 Å². The van der Waals surface area contributed by atoms with Crippen LogP contribution in [0.5, 0.6) is 11.6 Å². The third-order valence-electron chi connectivity index (χ3n) is 3.91. The van der Waals surface area contributed by atoms with Gasteiger partial charge in [0.1, 0.15) is 12.7 Å². The Kier molecular flexibility index (Phi) is 5.35. The smallest absolute Gasteiger partial charge is 0.374 e. The fraction of sp³-hybridized carbons (Fsp3) is 0.188. The van der Waals surface area contributed by atoms with Gasteiger partial charge in [-0.05, 0) is 18.2 Å². The standard InChI is InChI=1S/C16H14F2N6O5S/c1-2-30(27,28)10-3-4-12(11(19)7-10)29-15-13(24(25)26)14(20-8-21-15)23-6-5-16(17,18)22-9-23/h3-9H,2,19H2,1H3. The number of ether oxygens (including phenoxy) is 1. The van der Waals surface area contributed by atoms with E-state index in [1.807, 2.05) is 0 Å². The van der Waals surface area contributed by atoms with E-state index in [1.54, 1.807) is 0 Å². The molecule has 1 aliphatic heterocycles. The monoisotopic (exact) mass is 440 g/mol. The lowest BCUT2D eigenvalue weighted by Gasteiger charge is -2.19. The molecule has 0 atom stereocenters. The zero-order chi connectivity index (χ0) is 22.1. The summed E-state index contributed by atoms with van der Waals surface area (Å²) in [6.07, 6.45) is 2.91. The van der Waals surface area contributed by atoms with Crippen molar-refractivity contribution in [1.82, 2.24) is 9.97 Å². The molecule has 0 saturated carbocycles. The minimum absolute atomic E-state index is 0.0386. The van der Waals surface area contributed by atoms with Crippen LogP contribution in [0.1, 0.15) is 6.92 Å². The van der Waals surface area contributed by atoms with Crippen LogP contribution in [0.15, 0.2) is 46.7 Å². The topological polar surface area (TPSA) is 154 Å². The number of rotatable bonds is 6. The van der Waals surface area contributed by atoms with Crippen LogP contribution in [0.4, 0.5) is 26.0 Å². The zero-order valence-corrected chi connectivity index (χ0v) is 16.1. The van der Waals surface area contributed by atoms with Gasteiger partial charge in [-0.15, -0.1) is 0 Å². The highest BCUT2D eigenvalue weighted by Gasteiger charge is 2.32. The van der Waals surface area contributed by atoms with E-state index in [-0.39, 0.29) is 27.9 Å². The second-order valence-corrected chi connectivity index (χ2v) is 8.15. The van der Waals surface area contributed by atoms with E-state index < -0.39 is 32.4 Å². The SMILES string of the molecule is CCS(=O)(=O)c1ccc(Oc2ncnc(N3C=CC(F)(F)N=C3)c2[N+](=O)[O-])c(N)c1. The number of anilines is 2. The highest BCUT2D eigenvalue weighted by molar-refractivity contribution is 7.91. The van der Waals surface area contributed by atoms with E-state index >= 15 is 0 Å². The molecule has 0 bridgehead atoms. The minimum Gasteiger partial charge on any atom is -0.431 e. The molecule has 158 valence electrons. The van der Waals surface area contributed by atoms with Crippen molar-refractivity contribution in [3.63, 3.8) is 0 Å². The second-order valence-electron chi connectivity index (χ2n) is 5.87. The van der Waals surface area contributed by atoms with Gasteiger partial charge in [-0.25, -0.2) is 18.4 Å². The molecule has 0 saturated heterocycles. The summed E-state index contributed by atoms with van der Waals surface area (Å²) in [5.74, 6) is -1.13. The van der Waals surface area contributed by atoms with Crippen LogP contribution in [0.3, 0.4) is 0 Å². The van der Waals surface area contributed by atoms with Crippen molar-refractivity contribution in [1.29, 1.82) is 0 Å². The summed E-state index contributed by atoms with van der Waals surface area (Å²) in [5.41, 5.74) is 5.00.